The third kappa shape index (κ3) is 32.4. The van der Waals surface area contributed by atoms with Crippen molar-refractivity contribution in [3.63, 3.8) is 0 Å². The van der Waals surface area contributed by atoms with Crippen LogP contribution in [-0.2, 0) is 0 Å². The molecule has 0 heterocycles. The van der Waals surface area contributed by atoms with Gasteiger partial charge in [-0.25, -0.2) is 0 Å². The maximum Gasteiger partial charge on any atom is 0.166 e. The van der Waals surface area contributed by atoms with Gasteiger partial charge in [0.05, 0.1) is 73.4 Å². The number of ketones is 3. The monoisotopic (exact) mass is 1290 g/mol. The number of rotatable bonds is 60. The molecule has 1 aliphatic carbocycles. The zero-order valence-corrected chi connectivity index (χ0v) is 60.8. The van der Waals surface area contributed by atoms with Crippen LogP contribution in [-0.4, -0.2) is 75.1 Å². The van der Waals surface area contributed by atoms with E-state index in [2.05, 4.69) is 57.5 Å². The molecule has 0 spiro atoms. The lowest BCUT2D eigenvalue weighted by atomic mass is 9.86. The zero-order valence-electron chi connectivity index (χ0n) is 60.8. The third-order valence-corrected chi connectivity index (χ3v) is 18.4. The van der Waals surface area contributed by atoms with E-state index in [9.17, 15) is 14.4 Å². The lowest BCUT2D eigenvalue weighted by molar-refractivity contribution is 0.0975. The van der Waals surface area contributed by atoms with Crippen LogP contribution in [0.15, 0.2) is 36.4 Å². The summed E-state index contributed by atoms with van der Waals surface area (Å²) >= 11 is 0. The smallest absolute Gasteiger partial charge is 0.166 e. The van der Waals surface area contributed by atoms with Gasteiger partial charge in [0.25, 0.3) is 0 Å². The van der Waals surface area contributed by atoms with Crippen LogP contribution in [0.1, 0.15) is 363 Å². The van der Waals surface area contributed by atoms with Crippen LogP contribution in [0.2, 0.25) is 0 Å². The Morgan fingerprint density at radius 2 is 0.452 bits per heavy atom. The molecule has 12 nitrogen and oxygen atoms in total. The van der Waals surface area contributed by atoms with Gasteiger partial charge in [-0.3, -0.25) is 14.4 Å². The second-order valence-corrected chi connectivity index (χ2v) is 26.8. The number of carbonyl (C=O) groups is 3. The molecule has 0 unspecified atom stereocenters. The first-order valence-corrected chi connectivity index (χ1v) is 38.8. The predicted octanol–water partition coefficient (Wildman–Crippen LogP) is 23.8. The Bertz CT molecular complexity index is 2190. The van der Waals surface area contributed by atoms with Gasteiger partial charge in [-0.15, -0.1) is 0 Å². The number of hydrogen-bond acceptors (Lipinski definition) is 12. The van der Waals surface area contributed by atoms with E-state index in [1.54, 1.807) is 0 Å². The molecule has 93 heavy (non-hydrogen) atoms. The van der Waals surface area contributed by atoms with E-state index < -0.39 is 0 Å². The molecule has 0 atom stereocenters. The average molecular weight is 1290 g/mol. The number of ether oxygens (including phenoxy) is 6. The number of nitrogens with one attached hydrogen (secondary N) is 3. The minimum atomic E-state index is -0.141. The molecule has 1 aliphatic rings. The van der Waals surface area contributed by atoms with Crippen molar-refractivity contribution < 1.29 is 42.8 Å². The molecule has 0 amide bonds. The van der Waals surface area contributed by atoms with E-state index in [0.29, 0.717) is 129 Å². The van der Waals surface area contributed by atoms with Crippen molar-refractivity contribution in [3.8, 4) is 34.5 Å². The molecule has 3 aromatic rings. The van der Waals surface area contributed by atoms with Gasteiger partial charge >= 0.3 is 0 Å². The minimum absolute atomic E-state index is 0.0249. The second-order valence-electron chi connectivity index (χ2n) is 26.8. The topological polar surface area (TPSA) is 143 Å². The van der Waals surface area contributed by atoms with Gasteiger partial charge in [0.2, 0.25) is 0 Å². The minimum Gasteiger partial charge on any atom is -0.493 e. The summed E-state index contributed by atoms with van der Waals surface area (Å²) in [7, 11) is 0. The summed E-state index contributed by atoms with van der Waals surface area (Å²) in [5, 5.41) is 12.0. The van der Waals surface area contributed by atoms with Crippen LogP contribution < -0.4 is 44.4 Å². The molecule has 528 valence electrons. The molecule has 0 aliphatic heterocycles. The van der Waals surface area contributed by atoms with Crippen LogP contribution in [0, 0.1) is 0 Å². The Morgan fingerprint density at radius 1 is 0.269 bits per heavy atom. The Hall–Kier alpha value is -5.13. The largest absolute Gasteiger partial charge is 0.493 e. The Labute approximate surface area is 567 Å². The molecular weight excluding hydrogens is 1160 g/mol. The first-order valence-electron chi connectivity index (χ1n) is 38.8. The summed E-state index contributed by atoms with van der Waals surface area (Å²) in [5.74, 6) is 3.87. The zero-order chi connectivity index (χ0) is 66.9. The van der Waals surface area contributed by atoms with Gasteiger partial charge in [0.1, 0.15) is 34.5 Å². The summed E-state index contributed by atoms with van der Waals surface area (Å²) < 4.78 is 40.1. The van der Waals surface area contributed by atoms with E-state index >= 15 is 0 Å². The molecule has 0 aromatic heterocycles. The highest BCUT2D eigenvalue weighted by Crippen LogP contribution is 2.42. The van der Waals surface area contributed by atoms with Crippen LogP contribution in [0.3, 0.4) is 0 Å². The normalized spacial score (nSPS) is 14.6. The van der Waals surface area contributed by atoms with Crippen molar-refractivity contribution in [1.82, 2.24) is 0 Å². The van der Waals surface area contributed by atoms with Crippen molar-refractivity contribution in [2.24, 2.45) is 0 Å². The molecule has 3 N–H and O–H groups in total. The van der Waals surface area contributed by atoms with E-state index in [-0.39, 0.29) is 35.5 Å². The first kappa shape index (κ1) is 80.3. The maximum absolute atomic E-state index is 14.1. The molecule has 3 aromatic carbocycles. The molecule has 0 bridgehead atoms. The highest BCUT2D eigenvalue weighted by Gasteiger charge is 2.33. The quantitative estimate of drug-likeness (QED) is 0.0366. The average Bonchev–Trinajstić information content (AvgIpc) is 0.856. The van der Waals surface area contributed by atoms with Crippen molar-refractivity contribution in [2.75, 3.05) is 55.6 Å². The highest BCUT2D eigenvalue weighted by molar-refractivity contribution is 6.01. The first-order chi connectivity index (χ1) is 45.6. The Balaban J connectivity index is 1.87. The van der Waals surface area contributed by atoms with Gasteiger partial charge in [-0.2, -0.15) is 0 Å². The van der Waals surface area contributed by atoms with Crippen LogP contribution in [0.5, 0.6) is 34.5 Å². The summed E-state index contributed by atoms with van der Waals surface area (Å²) in [6.45, 7) is 22.5. The predicted molar refractivity (Wildman–Crippen MR) is 392 cm³/mol. The van der Waals surface area contributed by atoms with Gasteiger partial charge in [0.15, 0.2) is 17.3 Å². The fourth-order valence-corrected chi connectivity index (χ4v) is 12.7. The molecule has 0 radical (unpaired) electrons. The summed E-state index contributed by atoms with van der Waals surface area (Å²) in [6.07, 6.45) is 44.2. The SMILES string of the molecule is CCCCCCCCOc1cc(OCCCCCCCC)c(C(=O)CC)cc1NC1CC(Nc2cc(C(=O)CC)c(OCCCCCCCC)cc2OCCCCCCCC)CC(Nc2cc(C(=O)CC)c(OCCCCCCCC)cc2OCCCCCCCC)C1. The maximum atomic E-state index is 14.1. The summed E-state index contributed by atoms with van der Waals surface area (Å²) in [5.41, 5.74) is 4.00. The van der Waals surface area contributed by atoms with Gasteiger partial charge in [-0.1, -0.05) is 255 Å². The Morgan fingerprint density at radius 3 is 0.645 bits per heavy atom. The van der Waals surface area contributed by atoms with Crippen molar-refractivity contribution in [2.45, 2.75) is 350 Å². The van der Waals surface area contributed by atoms with Crippen LogP contribution >= 0.6 is 0 Å². The highest BCUT2D eigenvalue weighted by atomic mass is 16.5. The molecule has 1 saturated carbocycles. The fourth-order valence-electron chi connectivity index (χ4n) is 12.7. The van der Waals surface area contributed by atoms with E-state index in [0.717, 1.165) is 94.1 Å². The van der Waals surface area contributed by atoms with Crippen molar-refractivity contribution in [3.05, 3.63) is 53.1 Å². The van der Waals surface area contributed by atoms with Gasteiger partial charge in [-0.05, 0) is 76.0 Å². The standard InChI is InChI=1S/C81H135N3O9/c1-10-19-25-31-37-43-49-88-76-61-79(91-52-46-40-34-28-22-13-4)70(58-67(76)73(85)16-7)82-64-55-65(83-71-59-68(74(86)17-8)77(89-50-44-38-32-26-20-11-2)62-80(71)92-53-47-41-35-29-23-14-5)57-66(56-64)84-72-60-69(75(87)18-9)78(90-51-45-39-33-27-21-12-3)63-81(72)93-54-48-42-36-30-24-15-6/h58-66,82-84H,10-57H2,1-9H3. The third-order valence-electron chi connectivity index (χ3n) is 18.4. The number of unbranched alkanes of at least 4 members (excludes halogenated alkanes) is 30. The van der Waals surface area contributed by atoms with Gasteiger partial charge in [0, 0.05) is 55.6 Å². The number of benzene rings is 3. The Kier molecular flexibility index (Phi) is 44.2. The lowest BCUT2D eigenvalue weighted by Gasteiger charge is -2.38. The van der Waals surface area contributed by atoms with Crippen LogP contribution in [0.25, 0.3) is 0 Å². The van der Waals surface area contributed by atoms with E-state index in [1.165, 1.54) is 154 Å². The number of Topliss-reactive ketones (excluding diaryl/α,β-unsaturated/α-hetero) is 3. The summed E-state index contributed by atoms with van der Waals surface area (Å²) in [6, 6.07) is 11.5. The fraction of sp³-hybridized carbons (Fsp3) is 0.741. The summed E-state index contributed by atoms with van der Waals surface area (Å²) in [4.78, 5) is 42.3. The van der Waals surface area contributed by atoms with Gasteiger partial charge < -0.3 is 44.4 Å². The number of carbonyl (C=O) groups excluding carboxylic acids is 3. The molecule has 4 rings (SSSR count). The van der Waals surface area contributed by atoms with Crippen LogP contribution in [0.4, 0.5) is 17.1 Å². The molecule has 0 saturated heterocycles. The molecule has 1 fully saturated rings. The van der Waals surface area contributed by atoms with E-state index in [1.807, 2.05) is 57.2 Å². The van der Waals surface area contributed by atoms with Crippen molar-refractivity contribution >= 4 is 34.4 Å². The molecular formula is C81H135N3O9. The second kappa shape index (κ2) is 51.2. The molecule has 12 heteroatoms. The lowest BCUT2D eigenvalue weighted by Crippen LogP contribution is -2.43. The number of anilines is 3. The van der Waals surface area contributed by atoms with E-state index in [4.69, 9.17) is 28.4 Å². The number of hydrogen-bond donors (Lipinski definition) is 3. The van der Waals surface area contributed by atoms with Crippen molar-refractivity contribution in [1.29, 1.82) is 0 Å².